The first-order valence-corrected chi connectivity index (χ1v) is 11.9. The van der Waals surface area contributed by atoms with Crippen molar-refractivity contribution in [2.45, 2.75) is 84.0 Å². The van der Waals surface area contributed by atoms with Gasteiger partial charge in [-0.15, -0.1) is 0 Å². The zero-order valence-electron chi connectivity index (χ0n) is 20.9. The summed E-state index contributed by atoms with van der Waals surface area (Å²) in [5.74, 6) is 0.515. The second-order valence-corrected chi connectivity index (χ2v) is 10.1. The number of carbonyl (C=O) groups excluding carboxylic acids is 1. The SMILES string of the molecule is COC(=O)c1cc(Nc2ncc(C)c(OC3CCCCC3)n2)ccc1B1OC(C)(C)C(C)(C)O1. The van der Waals surface area contributed by atoms with E-state index < -0.39 is 24.3 Å². The molecule has 0 atom stereocenters. The Morgan fingerprint density at radius 2 is 1.79 bits per heavy atom. The number of nitrogens with zero attached hydrogens (tertiary/aromatic N) is 2. The molecule has 1 saturated carbocycles. The van der Waals surface area contributed by atoms with Crippen molar-refractivity contribution in [2.75, 3.05) is 12.4 Å². The fourth-order valence-corrected chi connectivity index (χ4v) is 4.17. The average molecular weight is 467 g/mol. The number of anilines is 2. The van der Waals surface area contributed by atoms with Crippen LogP contribution in [0, 0.1) is 6.92 Å². The molecule has 2 fully saturated rings. The number of rotatable bonds is 6. The maximum Gasteiger partial charge on any atom is 0.495 e. The Hall–Kier alpha value is -2.65. The number of hydrogen-bond donors (Lipinski definition) is 1. The van der Waals surface area contributed by atoms with Crippen molar-refractivity contribution in [3.05, 3.63) is 35.5 Å². The lowest BCUT2D eigenvalue weighted by atomic mass is 9.75. The summed E-state index contributed by atoms with van der Waals surface area (Å²) in [5.41, 5.74) is 1.47. The van der Waals surface area contributed by atoms with Gasteiger partial charge in [-0.3, -0.25) is 0 Å². The molecule has 1 N–H and O–H groups in total. The topological polar surface area (TPSA) is 91.8 Å². The van der Waals surface area contributed by atoms with Crippen LogP contribution < -0.4 is 15.5 Å². The molecule has 2 aliphatic rings. The molecule has 2 aromatic rings. The highest BCUT2D eigenvalue weighted by molar-refractivity contribution is 6.63. The zero-order chi connectivity index (χ0) is 24.5. The fraction of sp³-hybridized carbons (Fsp3) is 0.560. The molecule has 9 heteroatoms. The smallest absolute Gasteiger partial charge is 0.474 e. The maximum absolute atomic E-state index is 12.6. The molecule has 0 spiro atoms. The molecule has 4 rings (SSSR count). The van der Waals surface area contributed by atoms with E-state index in [1.165, 1.54) is 26.4 Å². The van der Waals surface area contributed by atoms with E-state index in [0.29, 0.717) is 28.5 Å². The predicted octanol–water partition coefficient (Wildman–Crippen LogP) is 4.33. The molecule has 2 heterocycles. The summed E-state index contributed by atoms with van der Waals surface area (Å²) in [6.07, 6.45) is 7.68. The first-order valence-electron chi connectivity index (χ1n) is 11.9. The number of esters is 1. The van der Waals surface area contributed by atoms with Gasteiger partial charge in [-0.1, -0.05) is 12.5 Å². The third-order valence-electron chi connectivity index (χ3n) is 6.98. The molecular formula is C25H34BN3O5. The normalized spacial score (nSPS) is 19.6. The molecular weight excluding hydrogens is 433 g/mol. The molecule has 1 saturated heterocycles. The quantitative estimate of drug-likeness (QED) is 0.496. The Labute approximate surface area is 201 Å². The second-order valence-electron chi connectivity index (χ2n) is 10.1. The monoisotopic (exact) mass is 467 g/mol. The Bertz CT molecular complexity index is 1040. The minimum absolute atomic E-state index is 0.195. The van der Waals surface area contributed by atoms with Crippen LogP contribution in [0.2, 0.25) is 0 Å². The molecule has 182 valence electrons. The lowest BCUT2D eigenvalue weighted by molar-refractivity contribution is 0.00578. The Morgan fingerprint density at radius 3 is 2.44 bits per heavy atom. The Kier molecular flexibility index (Phi) is 6.87. The number of benzene rings is 1. The van der Waals surface area contributed by atoms with Crippen molar-refractivity contribution >= 4 is 30.2 Å². The van der Waals surface area contributed by atoms with Crippen molar-refractivity contribution in [2.24, 2.45) is 0 Å². The van der Waals surface area contributed by atoms with Gasteiger partial charge in [0.05, 0.1) is 23.9 Å². The van der Waals surface area contributed by atoms with E-state index in [-0.39, 0.29) is 6.10 Å². The summed E-state index contributed by atoms with van der Waals surface area (Å²) in [6, 6.07) is 5.36. The van der Waals surface area contributed by atoms with E-state index in [0.717, 1.165) is 18.4 Å². The molecule has 0 amide bonds. The molecule has 1 aromatic heterocycles. The van der Waals surface area contributed by atoms with Gasteiger partial charge in [-0.05, 0) is 77.9 Å². The van der Waals surface area contributed by atoms with Crippen molar-refractivity contribution in [3.8, 4) is 5.88 Å². The molecule has 0 radical (unpaired) electrons. The largest absolute Gasteiger partial charge is 0.495 e. The van der Waals surface area contributed by atoms with E-state index in [2.05, 4.69) is 15.3 Å². The van der Waals surface area contributed by atoms with Crippen LogP contribution in [0.1, 0.15) is 75.7 Å². The maximum atomic E-state index is 12.6. The number of ether oxygens (including phenoxy) is 2. The predicted molar refractivity (Wildman–Crippen MR) is 131 cm³/mol. The lowest BCUT2D eigenvalue weighted by Gasteiger charge is -2.32. The summed E-state index contributed by atoms with van der Waals surface area (Å²) in [5, 5.41) is 3.19. The summed E-state index contributed by atoms with van der Waals surface area (Å²) >= 11 is 0. The van der Waals surface area contributed by atoms with Crippen LogP contribution >= 0.6 is 0 Å². The Balaban J connectivity index is 1.57. The lowest BCUT2D eigenvalue weighted by Crippen LogP contribution is -2.41. The molecule has 34 heavy (non-hydrogen) atoms. The number of aromatic nitrogens is 2. The highest BCUT2D eigenvalue weighted by Gasteiger charge is 2.52. The standard InChI is InChI=1S/C25H34BN3O5/c1-16-15-27-23(29-21(16)32-18-10-8-7-9-11-18)28-17-12-13-20(19(14-17)22(30)31-6)26-33-24(2,3)25(4,5)34-26/h12-15,18H,7-11H2,1-6H3,(H,27,28,29). The van der Waals surface area contributed by atoms with Crippen LogP contribution in [0.5, 0.6) is 5.88 Å². The van der Waals surface area contributed by atoms with Gasteiger partial charge < -0.3 is 24.1 Å². The van der Waals surface area contributed by atoms with E-state index in [4.69, 9.17) is 18.8 Å². The van der Waals surface area contributed by atoms with E-state index in [1.807, 2.05) is 46.8 Å². The van der Waals surface area contributed by atoms with Crippen molar-refractivity contribution < 1.29 is 23.6 Å². The van der Waals surface area contributed by atoms with Crippen molar-refractivity contribution in [1.82, 2.24) is 9.97 Å². The van der Waals surface area contributed by atoms with Crippen LogP contribution in [0.3, 0.4) is 0 Å². The summed E-state index contributed by atoms with van der Waals surface area (Å²) in [6.45, 7) is 9.84. The van der Waals surface area contributed by atoms with Crippen LogP contribution in [-0.2, 0) is 14.0 Å². The minimum Gasteiger partial charge on any atom is -0.474 e. The first kappa shape index (κ1) is 24.5. The van der Waals surface area contributed by atoms with Crippen molar-refractivity contribution in [1.29, 1.82) is 0 Å². The molecule has 8 nitrogen and oxygen atoms in total. The Morgan fingerprint density at radius 1 is 1.12 bits per heavy atom. The minimum atomic E-state index is -0.681. The van der Waals surface area contributed by atoms with Gasteiger partial charge in [-0.25, -0.2) is 9.78 Å². The van der Waals surface area contributed by atoms with Gasteiger partial charge in [0.2, 0.25) is 11.8 Å². The number of hydrogen-bond acceptors (Lipinski definition) is 8. The second kappa shape index (κ2) is 9.54. The van der Waals surface area contributed by atoms with E-state index >= 15 is 0 Å². The van der Waals surface area contributed by atoms with E-state index in [1.54, 1.807) is 12.3 Å². The number of aryl methyl sites for hydroxylation is 1. The fourth-order valence-electron chi connectivity index (χ4n) is 4.17. The van der Waals surface area contributed by atoms with Gasteiger partial charge >= 0.3 is 13.1 Å². The number of methoxy groups -OCH3 is 1. The third kappa shape index (κ3) is 5.05. The van der Waals surface area contributed by atoms with Gasteiger partial charge in [-0.2, -0.15) is 4.98 Å². The number of nitrogens with one attached hydrogen (secondary N) is 1. The van der Waals surface area contributed by atoms with Crippen LogP contribution in [-0.4, -0.2) is 47.5 Å². The first-order chi connectivity index (χ1) is 16.1. The highest BCUT2D eigenvalue weighted by Crippen LogP contribution is 2.37. The van der Waals surface area contributed by atoms with Crippen LogP contribution in [0.25, 0.3) is 0 Å². The van der Waals surface area contributed by atoms with Gasteiger partial charge in [0.25, 0.3) is 0 Å². The van der Waals surface area contributed by atoms with Gasteiger partial charge in [0.1, 0.15) is 6.10 Å². The number of carbonyl (C=O) groups is 1. The zero-order valence-corrected chi connectivity index (χ0v) is 20.9. The summed E-state index contributed by atoms with van der Waals surface area (Å²) < 4.78 is 23.5. The van der Waals surface area contributed by atoms with Crippen molar-refractivity contribution in [3.63, 3.8) is 0 Å². The van der Waals surface area contributed by atoms with Gasteiger partial charge in [0.15, 0.2) is 0 Å². The molecule has 0 bridgehead atoms. The molecule has 1 aliphatic carbocycles. The summed E-state index contributed by atoms with van der Waals surface area (Å²) in [7, 11) is 0.674. The molecule has 1 aliphatic heterocycles. The molecule has 0 unspecified atom stereocenters. The average Bonchev–Trinajstić information content (AvgIpc) is 3.02. The van der Waals surface area contributed by atoms with Gasteiger partial charge in [0, 0.05) is 17.4 Å². The third-order valence-corrected chi connectivity index (χ3v) is 6.98. The van der Waals surface area contributed by atoms with Crippen LogP contribution in [0.15, 0.2) is 24.4 Å². The van der Waals surface area contributed by atoms with Crippen LogP contribution in [0.4, 0.5) is 11.6 Å². The summed E-state index contributed by atoms with van der Waals surface area (Å²) in [4.78, 5) is 21.6. The molecule has 1 aromatic carbocycles. The highest BCUT2D eigenvalue weighted by atomic mass is 16.7. The van der Waals surface area contributed by atoms with E-state index in [9.17, 15) is 4.79 Å².